The van der Waals surface area contributed by atoms with E-state index in [1.54, 1.807) is 29.7 Å². The second kappa shape index (κ2) is 9.37. The van der Waals surface area contributed by atoms with Crippen molar-refractivity contribution < 1.29 is 5.11 Å². The van der Waals surface area contributed by atoms with Gasteiger partial charge in [-0.3, -0.25) is 0 Å². The first kappa shape index (κ1) is 19.9. The van der Waals surface area contributed by atoms with Gasteiger partial charge in [-0.2, -0.15) is 5.10 Å². The third kappa shape index (κ3) is 4.75. The SMILES string of the molecule is Cc1sc(=NN=Cc2ccc(O)cc2)n(CCc2ccccc2)c1-c1ccccc1. The number of hydrogen-bond acceptors (Lipinski definition) is 4. The zero-order valence-electron chi connectivity index (χ0n) is 16.8. The molecule has 0 aliphatic heterocycles. The van der Waals surface area contributed by atoms with Gasteiger partial charge in [0, 0.05) is 11.4 Å². The number of phenols is 1. The van der Waals surface area contributed by atoms with Gasteiger partial charge in [-0.15, -0.1) is 5.10 Å². The molecule has 3 aromatic carbocycles. The zero-order valence-corrected chi connectivity index (χ0v) is 17.6. The molecule has 5 heteroatoms. The van der Waals surface area contributed by atoms with E-state index in [9.17, 15) is 5.11 Å². The maximum absolute atomic E-state index is 9.42. The highest BCUT2D eigenvalue weighted by atomic mass is 32.1. The van der Waals surface area contributed by atoms with Crippen LogP contribution < -0.4 is 4.80 Å². The molecule has 0 spiro atoms. The number of aromatic hydroxyl groups is 1. The van der Waals surface area contributed by atoms with E-state index in [0.29, 0.717) is 0 Å². The second-order valence-electron chi connectivity index (χ2n) is 6.98. The highest BCUT2D eigenvalue weighted by molar-refractivity contribution is 7.09. The van der Waals surface area contributed by atoms with Crippen LogP contribution in [0.4, 0.5) is 0 Å². The average Bonchev–Trinajstić information content (AvgIpc) is 3.10. The summed E-state index contributed by atoms with van der Waals surface area (Å²) in [6.45, 7) is 2.96. The molecule has 1 N–H and O–H groups in total. The third-order valence-corrected chi connectivity index (χ3v) is 5.82. The van der Waals surface area contributed by atoms with Crippen LogP contribution in [-0.4, -0.2) is 15.9 Å². The topological polar surface area (TPSA) is 49.9 Å². The first-order valence-corrected chi connectivity index (χ1v) is 10.7. The van der Waals surface area contributed by atoms with E-state index in [4.69, 9.17) is 0 Å². The molecular formula is C25H23N3OS. The predicted molar refractivity (Wildman–Crippen MR) is 124 cm³/mol. The highest BCUT2D eigenvalue weighted by Crippen LogP contribution is 2.25. The van der Waals surface area contributed by atoms with Gasteiger partial charge in [0.2, 0.25) is 4.80 Å². The van der Waals surface area contributed by atoms with Crippen molar-refractivity contribution in [1.82, 2.24) is 4.57 Å². The number of nitrogens with zero attached hydrogens (tertiary/aromatic N) is 3. The molecule has 30 heavy (non-hydrogen) atoms. The lowest BCUT2D eigenvalue weighted by Crippen LogP contribution is -2.17. The maximum Gasteiger partial charge on any atom is 0.211 e. The molecule has 0 saturated carbocycles. The van der Waals surface area contributed by atoms with Crippen LogP contribution in [0, 0.1) is 6.92 Å². The summed E-state index contributed by atoms with van der Waals surface area (Å²) in [6.07, 6.45) is 2.63. The Balaban J connectivity index is 1.70. The Bertz CT molecular complexity index is 1190. The van der Waals surface area contributed by atoms with Gasteiger partial charge < -0.3 is 9.67 Å². The van der Waals surface area contributed by atoms with Crippen molar-refractivity contribution in [1.29, 1.82) is 0 Å². The average molecular weight is 414 g/mol. The minimum Gasteiger partial charge on any atom is -0.508 e. The molecule has 150 valence electrons. The van der Waals surface area contributed by atoms with Crippen molar-refractivity contribution in [2.45, 2.75) is 19.9 Å². The molecule has 1 aromatic heterocycles. The van der Waals surface area contributed by atoms with Crippen molar-refractivity contribution in [3.63, 3.8) is 0 Å². The molecule has 0 amide bonds. The van der Waals surface area contributed by atoms with Gasteiger partial charge in [-0.1, -0.05) is 72.0 Å². The number of thiazole rings is 1. The van der Waals surface area contributed by atoms with E-state index in [1.165, 1.54) is 21.7 Å². The predicted octanol–water partition coefficient (Wildman–Crippen LogP) is 5.41. The van der Waals surface area contributed by atoms with Crippen molar-refractivity contribution in [2.24, 2.45) is 10.2 Å². The Morgan fingerprint density at radius 2 is 1.57 bits per heavy atom. The summed E-state index contributed by atoms with van der Waals surface area (Å²) in [5.41, 5.74) is 4.56. The van der Waals surface area contributed by atoms with Crippen molar-refractivity contribution >= 4 is 17.6 Å². The summed E-state index contributed by atoms with van der Waals surface area (Å²) in [5.74, 6) is 0.240. The number of rotatable bonds is 6. The number of phenolic OH excluding ortho intramolecular Hbond substituents is 1. The largest absolute Gasteiger partial charge is 0.508 e. The normalized spacial score (nSPS) is 12.0. The van der Waals surface area contributed by atoms with Gasteiger partial charge in [0.05, 0.1) is 11.9 Å². The Hall–Kier alpha value is -3.44. The molecule has 0 bridgehead atoms. The van der Waals surface area contributed by atoms with Gasteiger partial charge in [0.1, 0.15) is 5.75 Å². The summed E-state index contributed by atoms with van der Waals surface area (Å²) >= 11 is 1.65. The number of aryl methyl sites for hydroxylation is 2. The van der Waals surface area contributed by atoms with Gasteiger partial charge >= 0.3 is 0 Å². The Kier molecular flexibility index (Phi) is 6.20. The molecule has 4 nitrogen and oxygen atoms in total. The summed E-state index contributed by atoms with van der Waals surface area (Å²) < 4.78 is 2.26. The fourth-order valence-corrected chi connectivity index (χ4v) is 4.33. The number of aromatic nitrogens is 1. The maximum atomic E-state index is 9.42. The molecule has 0 aliphatic carbocycles. The van der Waals surface area contributed by atoms with Crippen LogP contribution in [0.15, 0.2) is 95.1 Å². The minimum atomic E-state index is 0.240. The van der Waals surface area contributed by atoms with Gasteiger partial charge in [0.15, 0.2) is 0 Å². The van der Waals surface area contributed by atoms with E-state index in [1.807, 2.05) is 24.3 Å². The Labute approximate surface area is 180 Å². The van der Waals surface area contributed by atoms with E-state index in [-0.39, 0.29) is 5.75 Å². The van der Waals surface area contributed by atoms with Crippen LogP contribution in [0.25, 0.3) is 11.3 Å². The van der Waals surface area contributed by atoms with Crippen LogP contribution in [0.3, 0.4) is 0 Å². The van der Waals surface area contributed by atoms with Crippen molar-refractivity contribution in [3.05, 3.63) is 106 Å². The van der Waals surface area contributed by atoms with E-state index >= 15 is 0 Å². The van der Waals surface area contributed by atoms with Crippen molar-refractivity contribution in [2.75, 3.05) is 0 Å². The first-order valence-electron chi connectivity index (χ1n) is 9.86. The van der Waals surface area contributed by atoms with Crippen LogP contribution in [-0.2, 0) is 13.0 Å². The fourth-order valence-electron chi connectivity index (χ4n) is 3.35. The quantitative estimate of drug-likeness (QED) is 0.334. The second-order valence-corrected chi connectivity index (χ2v) is 8.16. The molecule has 0 unspecified atom stereocenters. The lowest BCUT2D eigenvalue weighted by molar-refractivity contribution is 0.475. The molecule has 4 aromatic rings. The van der Waals surface area contributed by atoms with Crippen molar-refractivity contribution in [3.8, 4) is 17.0 Å². The third-order valence-electron chi connectivity index (χ3n) is 4.84. The standard InChI is InChI=1S/C25H23N3OS/c1-19-24(22-10-6-3-7-11-22)28(17-16-20-8-4-2-5-9-20)25(30-19)27-26-18-21-12-14-23(29)15-13-21/h2-15,18,29H,16-17H2,1H3. The molecule has 4 rings (SSSR count). The van der Waals surface area contributed by atoms with Gasteiger partial charge in [0.25, 0.3) is 0 Å². The monoisotopic (exact) mass is 413 g/mol. The number of benzene rings is 3. The van der Waals surface area contributed by atoms with E-state index in [2.05, 4.69) is 70.2 Å². The summed E-state index contributed by atoms with van der Waals surface area (Å²) in [6, 6.07) is 27.8. The molecule has 0 radical (unpaired) electrons. The molecule has 0 atom stereocenters. The zero-order chi connectivity index (χ0) is 20.8. The number of hydrogen-bond donors (Lipinski definition) is 1. The Morgan fingerprint density at radius 3 is 2.27 bits per heavy atom. The van der Waals surface area contributed by atoms with Crippen LogP contribution in [0.5, 0.6) is 5.75 Å². The minimum absolute atomic E-state index is 0.240. The summed E-state index contributed by atoms with van der Waals surface area (Å²) in [4.78, 5) is 2.09. The molecular weight excluding hydrogens is 390 g/mol. The smallest absolute Gasteiger partial charge is 0.211 e. The highest BCUT2D eigenvalue weighted by Gasteiger charge is 2.12. The molecule has 1 heterocycles. The van der Waals surface area contributed by atoms with E-state index < -0.39 is 0 Å². The van der Waals surface area contributed by atoms with E-state index in [0.717, 1.165) is 23.3 Å². The summed E-state index contributed by atoms with van der Waals surface area (Å²) in [5, 5.41) is 18.3. The lowest BCUT2D eigenvalue weighted by atomic mass is 10.1. The van der Waals surface area contributed by atoms with Gasteiger partial charge in [-0.05, 0) is 54.3 Å². The van der Waals surface area contributed by atoms with Crippen LogP contribution >= 0.6 is 11.3 Å². The first-order chi connectivity index (χ1) is 14.7. The Morgan fingerprint density at radius 1 is 0.900 bits per heavy atom. The fraction of sp³-hybridized carbons (Fsp3) is 0.120. The lowest BCUT2D eigenvalue weighted by Gasteiger charge is -2.10. The molecule has 0 saturated heterocycles. The summed E-state index contributed by atoms with van der Waals surface area (Å²) in [7, 11) is 0. The molecule has 0 aliphatic rings. The molecule has 0 fully saturated rings. The van der Waals surface area contributed by atoms with Gasteiger partial charge in [-0.25, -0.2) is 0 Å². The van der Waals surface area contributed by atoms with Crippen LogP contribution in [0.2, 0.25) is 0 Å². The van der Waals surface area contributed by atoms with Crippen LogP contribution in [0.1, 0.15) is 16.0 Å².